The molecule has 9 nitrogen and oxygen atoms in total. The maximum Gasteiger partial charge on any atom is 0.297 e. The first-order valence-corrected chi connectivity index (χ1v) is 9.10. The van der Waals surface area contributed by atoms with Crippen molar-refractivity contribution in [2.45, 2.75) is 26.3 Å². The molecule has 29 heavy (non-hydrogen) atoms. The molecule has 0 aliphatic heterocycles. The second-order valence-electron chi connectivity index (χ2n) is 7.55. The van der Waals surface area contributed by atoms with Gasteiger partial charge in [0.2, 0.25) is 0 Å². The summed E-state index contributed by atoms with van der Waals surface area (Å²) in [5, 5.41) is 14.8. The molecule has 4 rings (SSSR count). The summed E-state index contributed by atoms with van der Waals surface area (Å²) in [6.07, 6.45) is 0. The van der Waals surface area contributed by atoms with Gasteiger partial charge in [-0.25, -0.2) is 4.98 Å². The summed E-state index contributed by atoms with van der Waals surface area (Å²) in [5.41, 5.74) is 2.73. The van der Waals surface area contributed by atoms with Crippen LogP contribution in [0.25, 0.3) is 22.4 Å². The first kappa shape index (κ1) is 18.6. The number of fused-ring (bicyclic) bond motifs is 1. The predicted molar refractivity (Wildman–Crippen MR) is 109 cm³/mol. The van der Waals surface area contributed by atoms with E-state index >= 15 is 0 Å². The number of nitrogens with zero attached hydrogens (tertiary/aromatic N) is 5. The zero-order valence-electron chi connectivity index (χ0n) is 16.6. The van der Waals surface area contributed by atoms with Crippen LogP contribution in [0.15, 0.2) is 42.5 Å². The van der Waals surface area contributed by atoms with Crippen LogP contribution in [0, 0.1) is 0 Å². The highest BCUT2D eigenvalue weighted by Gasteiger charge is 2.21. The van der Waals surface area contributed by atoms with Crippen LogP contribution in [0.4, 0.5) is 5.69 Å². The number of nitrogens with one attached hydrogen (secondary N) is 2. The summed E-state index contributed by atoms with van der Waals surface area (Å²) in [4.78, 5) is 21.9. The number of carbonyl (C=O) groups excluding carboxylic acids is 1. The lowest BCUT2D eigenvalue weighted by Gasteiger charge is -2.15. The van der Waals surface area contributed by atoms with E-state index in [1.165, 1.54) is 4.80 Å². The van der Waals surface area contributed by atoms with E-state index in [-0.39, 0.29) is 11.4 Å². The normalized spacial score (nSPS) is 11.6. The number of tetrazole rings is 1. The molecule has 2 heterocycles. The van der Waals surface area contributed by atoms with Crippen LogP contribution in [0.2, 0.25) is 0 Å². The minimum atomic E-state index is -0.472. The van der Waals surface area contributed by atoms with Gasteiger partial charge in [-0.2, -0.15) is 4.80 Å². The number of hydrogen-bond acceptors (Lipinski definition) is 6. The molecule has 1 amide bonds. The molecule has 2 N–H and O–H groups in total. The molecular weight excluding hydrogens is 370 g/mol. The summed E-state index contributed by atoms with van der Waals surface area (Å²) >= 11 is 0. The molecule has 0 spiro atoms. The standard InChI is InChI=1S/C20H21N7O2/c1-20(2,3)27-25-18(24-26-27)19(28)23-15-11-12(9-10-16(15)29-4)17-21-13-7-5-6-8-14(13)22-17/h5-11H,1-4H3,(H,21,22)(H,23,28). The Balaban J connectivity index is 1.65. The molecule has 0 fully saturated rings. The van der Waals surface area contributed by atoms with Crippen molar-refractivity contribution < 1.29 is 9.53 Å². The van der Waals surface area contributed by atoms with Gasteiger partial charge in [-0.05, 0) is 56.3 Å². The van der Waals surface area contributed by atoms with Gasteiger partial charge in [0.25, 0.3) is 11.7 Å². The fraction of sp³-hybridized carbons (Fsp3) is 0.250. The van der Waals surface area contributed by atoms with Crippen molar-refractivity contribution >= 4 is 22.6 Å². The monoisotopic (exact) mass is 391 g/mol. The van der Waals surface area contributed by atoms with E-state index in [1.54, 1.807) is 19.2 Å². The summed E-state index contributed by atoms with van der Waals surface area (Å²) in [6, 6.07) is 13.2. The maximum atomic E-state index is 12.6. The molecular formula is C20H21N7O2. The van der Waals surface area contributed by atoms with Crippen molar-refractivity contribution in [2.24, 2.45) is 0 Å². The average molecular weight is 391 g/mol. The molecule has 4 aromatic rings. The van der Waals surface area contributed by atoms with Crippen LogP contribution >= 0.6 is 0 Å². The smallest absolute Gasteiger partial charge is 0.297 e. The molecule has 148 valence electrons. The Hall–Kier alpha value is -3.75. The van der Waals surface area contributed by atoms with E-state index in [9.17, 15) is 4.79 Å². The van der Waals surface area contributed by atoms with Crippen LogP contribution in [0.5, 0.6) is 5.75 Å². The van der Waals surface area contributed by atoms with Crippen LogP contribution in [-0.2, 0) is 5.54 Å². The zero-order valence-corrected chi connectivity index (χ0v) is 16.6. The van der Waals surface area contributed by atoms with Gasteiger partial charge in [0.05, 0.1) is 29.4 Å². The lowest BCUT2D eigenvalue weighted by Crippen LogP contribution is -2.25. The van der Waals surface area contributed by atoms with Gasteiger partial charge < -0.3 is 15.0 Å². The Morgan fingerprint density at radius 1 is 1.17 bits per heavy atom. The number of benzene rings is 2. The lowest BCUT2D eigenvalue weighted by atomic mass is 10.1. The first-order valence-electron chi connectivity index (χ1n) is 9.10. The minimum absolute atomic E-state index is 0.0175. The van der Waals surface area contributed by atoms with E-state index in [1.807, 2.05) is 51.1 Å². The zero-order chi connectivity index (χ0) is 20.6. The summed E-state index contributed by atoms with van der Waals surface area (Å²) in [7, 11) is 1.54. The Labute approximate surface area is 167 Å². The summed E-state index contributed by atoms with van der Waals surface area (Å²) in [6.45, 7) is 5.78. The third-order valence-corrected chi connectivity index (χ3v) is 4.33. The second kappa shape index (κ2) is 7.01. The van der Waals surface area contributed by atoms with Gasteiger partial charge in [0, 0.05) is 5.56 Å². The highest BCUT2D eigenvalue weighted by molar-refractivity contribution is 6.02. The number of methoxy groups -OCH3 is 1. The summed E-state index contributed by atoms with van der Waals surface area (Å²) < 4.78 is 5.38. The van der Waals surface area contributed by atoms with E-state index in [2.05, 4.69) is 30.7 Å². The van der Waals surface area contributed by atoms with Crippen molar-refractivity contribution in [3.05, 3.63) is 48.3 Å². The van der Waals surface area contributed by atoms with Gasteiger partial charge in [-0.15, -0.1) is 10.2 Å². The van der Waals surface area contributed by atoms with Crippen LogP contribution in [-0.4, -0.2) is 43.2 Å². The molecule has 0 aliphatic rings. The molecule has 0 unspecified atom stereocenters. The number of aromatic amines is 1. The Kier molecular flexibility index (Phi) is 4.50. The lowest BCUT2D eigenvalue weighted by molar-refractivity contribution is 0.101. The number of anilines is 1. The molecule has 2 aromatic heterocycles. The van der Waals surface area contributed by atoms with E-state index in [0.29, 0.717) is 17.3 Å². The van der Waals surface area contributed by atoms with Crippen molar-refractivity contribution in [1.29, 1.82) is 0 Å². The van der Waals surface area contributed by atoms with Crippen molar-refractivity contribution in [3.63, 3.8) is 0 Å². The quantitative estimate of drug-likeness (QED) is 0.553. The van der Waals surface area contributed by atoms with E-state index in [0.717, 1.165) is 16.6 Å². The fourth-order valence-corrected chi connectivity index (χ4v) is 2.81. The SMILES string of the molecule is COc1ccc(-c2nc3ccccc3[nH]2)cc1NC(=O)c1nnn(C(C)(C)C)n1. The number of rotatable bonds is 4. The van der Waals surface area contributed by atoms with Gasteiger partial charge in [-0.1, -0.05) is 12.1 Å². The highest BCUT2D eigenvalue weighted by atomic mass is 16.5. The number of carbonyl (C=O) groups is 1. The Morgan fingerprint density at radius 3 is 2.66 bits per heavy atom. The van der Waals surface area contributed by atoms with E-state index < -0.39 is 5.91 Å². The molecule has 0 atom stereocenters. The predicted octanol–water partition coefficient (Wildman–Crippen LogP) is 3.23. The summed E-state index contributed by atoms with van der Waals surface area (Å²) in [5.74, 6) is 0.722. The molecule has 2 aromatic carbocycles. The number of hydrogen-bond donors (Lipinski definition) is 2. The molecule has 0 radical (unpaired) electrons. The Morgan fingerprint density at radius 2 is 1.97 bits per heavy atom. The number of imidazole rings is 1. The molecule has 0 bridgehead atoms. The highest BCUT2D eigenvalue weighted by Crippen LogP contribution is 2.30. The first-order chi connectivity index (χ1) is 13.8. The number of aromatic nitrogens is 6. The van der Waals surface area contributed by atoms with Crippen molar-refractivity contribution in [2.75, 3.05) is 12.4 Å². The maximum absolute atomic E-state index is 12.6. The average Bonchev–Trinajstić information content (AvgIpc) is 3.35. The molecule has 0 aliphatic carbocycles. The number of amides is 1. The van der Waals surface area contributed by atoms with Crippen molar-refractivity contribution in [1.82, 2.24) is 30.2 Å². The Bertz CT molecular complexity index is 1150. The molecule has 9 heteroatoms. The van der Waals surface area contributed by atoms with Crippen LogP contribution < -0.4 is 10.1 Å². The van der Waals surface area contributed by atoms with Crippen molar-refractivity contribution in [3.8, 4) is 17.1 Å². The minimum Gasteiger partial charge on any atom is -0.495 e. The van der Waals surface area contributed by atoms with Gasteiger partial charge in [-0.3, -0.25) is 4.79 Å². The number of para-hydroxylation sites is 2. The topological polar surface area (TPSA) is 111 Å². The largest absolute Gasteiger partial charge is 0.495 e. The third-order valence-electron chi connectivity index (χ3n) is 4.33. The van der Waals surface area contributed by atoms with Gasteiger partial charge in [0.1, 0.15) is 11.6 Å². The second-order valence-corrected chi connectivity index (χ2v) is 7.55. The van der Waals surface area contributed by atoms with Gasteiger partial charge >= 0.3 is 0 Å². The number of H-pyrrole nitrogens is 1. The number of ether oxygens (including phenoxy) is 1. The third kappa shape index (κ3) is 3.66. The molecule has 0 saturated heterocycles. The van der Waals surface area contributed by atoms with Gasteiger partial charge in [0.15, 0.2) is 0 Å². The molecule has 0 saturated carbocycles. The van der Waals surface area contributed by atoms with Crippen LogP contribution in [0.3, 0.4) is 0 Å². The van der Waals surface area contributed by atoms with E-state index in [4.69, 9.17) is 4.74 Å². The van der Waals surface area contributed by atoms with Crippen LogP contribution in [0.1, 0.15) is 31.4 Å². The fourth-order valence-electron chi connectivity index (χ4n) is 2.81.